The standard InChI is InChI=1S/C18H22N6O/c1-13-5-7-14(8-6-13)15(23(2)3)12-20-17(25)11-16-21-18-19-9-4-10-24(18)22-16/h4-10,15H,11-12H2,1-3H3,(H,20,25)/t15-/m0/s1. The molecule has 7 heteroatoms. The second-order valence-electron chi connectivity index (χ2n) is 6.26. The lowest BCUT2D eigenvalue weighted by atomic mass is 10.0. The maximum absolute atomic E-state index is 12.3. The van der Waals surface area contributed by atoms with Gasteiger partial charge < -0.3 is 10.2 Å². The smallest absolute Gasteiger partial charge is 0.252 e. The van der Waals surface area contributed by atoms with E-state index in [4.69, 9.17) is 0 Å². The van der Waals surface area contributed by atoms with Crippen LogP contribution in [0.4, 0.5) is 0 Å². The molecule has 0 spiro atoms. The van der Waals surface area contributed by atoms with E-state index in [0.717, 1.165) is 0 Å². The number of likely N-dealkylation sites (N-methyl/N-ethyl adjacent to an activating group) is 1. The number of nitrogens with zero attached hydrogens (tertiary/aromatic N) is 5. The van der Waals surface area contributed by atoms with E-state index in [-0.39, 0.29) is 18.4 Å². The Morgan fingerprint density at radius 1 is 1.28 bits per heavy atom. The van der Waals surface area contributed by atoms with Crippen molar-refractivity contribution in [2.45, 2.75) is 19.4 Å². The third-order valence-corrected chi connectivity index (χ3v) is 4.06. The number of aromatic nitrogens is 4. The summed E-state index contributed by atoms with van der Waals surface area (Å²) in [4.78, 5) is 22.7. The van der Waals surface area contributed by atoms with E-state index in [1.54, 1.807) is 23.0 Å². The normalized spacial score (nSPS) is 12.5. The predicted octanol–water partition coefficient (Wildman–Crippen LogP) is 1.39. The molecule has 1 aromatic carbocycles. The Balaban J connectivity index is 1.62. The molecular formula is C18H22N6O. The van der Waals surface area contributed by atoms with E-state index in [9.17, 15) is 4.79 Å². The SMILES string of the molecule is Cc1ccc([C@H](CNC(=O)Cc2nc3ncccn3n2)N(C)C)cc1. The number of fused-ring (bicyclic) bond motifs is 1. The third-order valence-electron chi connectivity index (χ3n) is 4.06. The lowest BCUT2D eigenvalue weighted by Crippen LogP contribution is -2.35. The summed E-state index contributed by atoms with van der Waals surface area (Å²) in [5, 5.41) is 7.23. The van der Waals surface area contributed by atoms with Gasteiger partial charge in [0, 0.05) is 18.9 Å². The highest BCUT2D eigenvalue weighted by Gasteiger charge is 2.16. The first-order valence-electron chi connectivity index (χ1n) is 8.19. The van der Waals surface area contributed by atoms with Crippen LogP contribution in [0.25, 0.3) is 5.78 Å². The van der Waals surface area contributed by atoms with Crippen LogP contribution in [0.2, 0.25) is 0 Å². The van der Waals surface area contributed by atoms with Crippen LogP contribution in [-0.4, -0.2) is 51.0 Å². The molecule has 1 amide bonds. The number of amides is 1. The summed E-state index contributed by atoms with van der Waals surface area (Å²) in [7, 11) is 4.01. The molecule has 0 saturated carbocycles. The highest BCUT2D eigenvalue weighted by Crippen LogP contribution is 2.17. The van der Waals surface area contributed by atoms with Crippen molar-refractivity contribution < 1.29 is 4.79 Å². The van der Waals surface area contributed by atoms with Crippen LogP contribution in [0.15, 0.2) is 42.7 Å². The van der Waals surface area contributed by atoms with E-state index < -0.39 is 0 Å². The van der Waals surface area contributed by atoms with Crippen LogP contribution < -0.4 is 5.32 Å². The topological polar surface area (TPSA) is 75.4 Å². The van der Waals surface area contributed by atoms with Gasteiger partial charge in [-0.1, -0.05) is 29.8 Å². The average Bonchev–Trinajstić information content (AvgIpc) is 2.98. The van der Waals surface area contributed by atoms with E-state index in [1.165, 1.54) is 11.1 Å². The van der Waals surface area contributed by atoms with Crippen molar-refractivity contribution in [3.8, 4) is 0 Å². The summed E-state index contributed by atoms with van der Waals surface area (Å²) < 4.78 is 1.57. The number of hydrogen-bond acceptors (Lipinski definition) is 5. The van der Waals surface area contributed by atoms with Gasteiger partial charge in [-0.3, -0.25) is 4.79 Å². The molecule has 0 unspecified atom stereocenters. The van der Waals surface area contributed by atoms with E-state index in [0.29, 0.717) is 18.1 Å². The second kappa shape index (κ2) is 7.40. The molecule has 2 aromatic heterocycles. The van der Waals surface area contributed by atoms with Crippen molar-refractivity contribution in [2.24, 2.45) is 0 Å². The second-order valence-corrected chi connectivity index (χ2v) is 6.26. The largest absolute Gasteiger partial charge is 0.354 e. The summed E-state index contributed by atoms with van der Waals surface area (Å²) in [6.07, 6.45) is 3.55. The van der Waals surface area contributed by atoms with Crippen molar-refractivity contribution in [3.63, 3.8) is 0 Å². The summed E-state index contributed by atoms with van der Waals surface area (Å²) in [5.74, 6) is 0.860. The molecule has 7 nitrogen and oxygen atoms in total. The molecular weight excluding hydrogens is 316 g/mol. The summed E-state index contributed by atoms with van der Waals surface area (Å²) >= 11 is 0. The Morgan fingerprint density at radius 3 is 2.72 bits per heavy atom. The highest BCUT2D eigenvalue weighted by atomic mass is 16.1. The first kappa shape index (κ1) is 17.0. The van der Waals surface area contributed by atoms with Crippen LogP contribution in [0, 0.1) is 6.92 Å². The highest BCUT2D eigenvalue weighted by molar-refractivity contribution is 5.77. The number of hydrogen-bond donors (Lipinski definition) is 1. The molecule has 0 bridgehead atoms. The summed E-state index contributed by atoms with van der Waals surface area (Å²) in [6.45, 7) is 2.59. The van der Waals surface area contributed by atoms with Gasteiger partial charge in [-0.2, -0.15) is 4.98 Å². The minimum absolute atomic E-state index is 0.102. The molecule has 3 rings (SSSR count). The first-order chi connectivity index (χ1) is 12.0. The lowest BCUT2D eigenvalue weighted by molar-refractivity contribution is -0.120. The average molecular weight is 338 g/mol. The minimum Gasteiger partial charge on any atom is -0.354 e. The third kappa shape index (κ3) is 4.19. The fraction of sp³-hybridized carbons (Fsp3) is 0.333. The van der Waals surface area contributed by atoms with Crippen LogP contribution in [0.1, 0.15) is 23.0 Å². The molecule has 2 heterocycles. The molecule has 0 saturated heterocycles. The Kier molecular flexibility index (Phi) is 5.04. The van der Waals surface area contributed by atoms with Gasteiger partial charge in [-0.05, 0) is 32.6 Å². The van der Waals surface area contributed by atoms with Crippen LogP contribution in [0.3, 0.4) is 0 Å². The lowest BCUT2D eigenvalue weighted by Gasteiger charge is -2.25. The fourth-order valence-electron chi connectivity index (χ4n) is 2.65. The van der Waals surface area contributed by atoms with Gasteiger partial charge in [0.05, 0.1) is 12.5 Å². The van der Waals surface area contributed by atoms with Crippen molar-refractivity contribution in [1.82, 2.24) is 29.8 Å². The molecule has 0 aliphatic carbocycles. The van der Waals surface area contributed by atoms with Crippen molar-refractivity contribution in [3.05, 3.63) is 59.7 Å². The molecule has 25 heavy (non-hydrogen) atoms. The van der Waals surface area contributed by atoms with Gasteiger partial charge >= 0.3 is 0 Å². The maximum Gasteiger partial charge on any atom is 0.252 e. The van der Waals surface area contributed by atoms with E-state index in [1.807, 2.05) is 14.1 Å². The van der Waals surface area contributed by atoms with Gasteiger partial charge in [0.2, 0.25) is 5.91 Å². The Bertz CT molecular complexity index is 822. The van der Waals surface area contributed by atoms with Crippen molar-refractivity contribution in [1.29, 1.82) is 0 Å². The zero-order chi connectivity index (χ0) is 17.8. The number of rotatable bonds is 6. The predicted molar refractivity (Wildman–Crippen MR) is 95.1 cm³/mol. The summed E-state index contributed by atoms with van der Waals surface area (Å²) in [5.41, 5.74) is 2.39. The monoisotopic (exact) mass is 338 g/mol. The molecule has 3 aromatic rings. The quantitative estimate of drug-likeness (QED) is 0.735. The number of nitrogens with one attached hydrogen (secondary N) is 1. The van der Waals surface area contributed by atoms with Gasteiger partial charge in [-0.25, -0.2) is 9.50 Å². The van der Waals surface area contributed by atoms with Crippen molar-refractivity contribution in [2.75, 3.05) is 20.6 Å². The molecule has 0 radical (unpaired) electrons. The molecule has 0 aliphatic heterocycles. The van der Waals surface area contributed by atoms with E-state index >= 15 is 0 Å². The molecule has 0 fully saturated rings. The van der Waals surface area contributed by atoms with Crippen molar-refractivity contribution >= 4 is 11.7 Å². The molecule has 130 valence electrons. The van der Waals surface area contributed by atoms with Gasteiger partial charge in [0.25, 0.3) is 5.78 Å². The van der Waals surface area contributed by atoms with Crippen LogP contribution in [0.5, 0.6) is 0 Å². The first-order valence-corrected chi connectivity index (χ1v) is 8.19. The number of carbonyl (C=O) groups is 1. The van der Waals surface area contributed by atoms with Crippen LogP contribution >= 0.6 is 0 Å². The Labute approximate surface area is 146 Å². The minimum atomic E-state index is -0.102. The number of aryl methyl sites for hydroxylation is 1. The van der Waals surface area contributed by atoms with E-state index in [2.05, 4.69) is 56.5 Å². The van der Waals surface area contributed by atoms with Gasteiger partial charge in [0.1, 0.15) is 0 Å². The zero-order valence-electron chi connectivity index (χ0n) is 14.7. The molecule has 1 atom stereocenters. The Morgan fingerprint density at radius 2 is 2.04 bits per heavy atom. The summed E-state index contributed by atoms with van der Waals surface area (Å²) in [6, 6.07) is 10.3. The molecule has 0 aliphatic rings. The number of benzene rings is 1. The maximum atomic E-state index is 12.3. The Hall–Kier alpha value is -2.80. The fourth-order valence-corrected chi connectivity index (χ4v) is 2.65. The number of carbonyl (C=O) groups excluding carboxylic acids is 1. The van der Waals surface area contributed by atoms with Gasteiger partial charge in [0.15, 0.2) is 5.82 Å². The molecule has 1 N–H and O–H groups in total. The zero-order valence-corrected chi connectivity index (χ0v) is 14.7. The van der Waals surface area contributed by atoms with Crippen LogP contribution in [-0.2, 0) is 11.2 Å². The van der Waals surface area contributed by atoms with Gasteiger partial charge in [-0.15, -0.1) is 5.10 Å².